The Labute approximate surface area is 101 Å². The molecule has 0 amide bonds. The maximum Gasteiger partial charge on any atom is 0.366 e. The third kappa shape index (κ3) is 1.68. The highest BCUT2D eigenvalue weighted by Gasteiger charge is 2.09. The summed E-state index contributed by atoms with van der Waals surface area (Å²) in [5.41, 5.74) is 0.762. The molecule has 1 heterocycles. The molecule has 0 saturated heterocycles. The molecule has 0 N–H and O–H groups in total. The van der Waals surface area contributed by atoms with Crippen molar-refractivity contribution in [3.05, 3.63) is 64.8 Å². The van der Waals surface area contributed by atoms with Gasteiger partial charge in [0.2, 0.25) is 0 Å². The van der Waals surface area contributed by atoms with Crippen LogP contribution >= 0.6 is 0 Å². The standard InChI is InChI=1S/C14H8FNO2/c15-10-7-5-9(6-8-10)13-11-3-1-2-4-12(11)14(17)18-16-13/h1-8H. The molecule has 3 rings (SSSR count). The first-order chi connectivity index (χ1) is 8.75. The van der Waals surface area contributed by atoms with Crippen LogP contribution in [0.25, 0.3) is 22.0 Å². The van der Waals surface area contributed by atoms with Gasteiger partial charge >= 0.3 is 5.63 Å². The molecule has 3 nitrogen and oxygen atoms in total. The molecular formula is C14H8FNO2. The van der Waals surface area contributed by atoms with E-state index in [9.17, 15) is 9.18 Å². The maximum absolute atomic E-state index is 12.9. The van der Waals surface area contributed by atoms with Crippen LogP contribution in [0.15, 0.2) is 57.8 Å². The van der Waals surface area contributed by atoms with Crippen molar-refractivity contribution in [2.24, 2.45) is 0 Å². The lowest BCUT2D eigenvalue weighted by Crippen LogP contribution is -2.02. The van der Waals surface area contributed by atoms with Crippen LogP contribution in [0.5, 0.6) is 0 Å². The van der Waals surface area contributed by atoms with E-state index in [1.54, 1.807) is 30.3 Å². The maximum atomic E-state index is 12.9. The molecule has 1 aromatic heterocycles. The Hall–Kier alpha value is -2.49. The van der Waals surface area contributed by atoms with Gasteiger partial charge in [-0.15, -0.1) is 0 Å². The number of halogens is 1. The van der Waals surface area contributed by atoms with E-state index in [2.05, 4.69) is 5.16 Å². The van der Waals surface area contributed by atoms with Gasteiger partial charge in [0, 0.05) is 10.9 Å². The fraction of sp³-hybridized carbons (Fsp3) is 0. The van der Waals surface area contributed by atoms with Gasteiger partial charge in [-0.05, 0) is 30.3 Å². The Morgan fingerprint density at radius 1 is 0.944 bits per heavy atom. The Morgan fingerprint density at radius 3 is 2.33 bits per heavy atom. The summed E-state index contributed by atoms with van der Waals surface area (Å²) in [6.45, 7) is 0. The summed E-state index contributed by atoms with van der Waals surface area (Å²) in [7, 11) is 0. The molecule has 0 aliphatic heterocycles. The summed E-state index contributed by atoms with van der Waals surface area (Å²) in [4.78, 5) is 11.5. The molecule has 0 aliphatic rings. The van der Waals surface area contributed by atoms with Crippen molar-refractivity contribution in [2.75, 3.05) is 0 Å². The molecule has 0 fully saturated rings. The smallest absolute Gasteiger partial charge is 0.312 e. The molecule has 0 bridgehead atoms. The molecule has 3 aromatic rings. The predicted molar refractivity (Wildman–Crippen MR) is 65.7 cm³/mol. The quantitative estimate of drug-likeness (QED) is 0.657. The van der Waals surface area contributed by atoms with Crippen LogP contribution in [0, 0.1) is 5.82 Å². The van der Waals surface area contributed by atoms with E-state index in [-0.39, 0.29) is 5.82 Å². The van der Waals surface area contributed by atoms with Gasteiger partial charge in [-0.2, -0.15) is 0 Å². The van der Waals surface area contributed by atoms with Crippen molar-refractivity contribution < 1.29 is 8.91 Å². The Bertz CT molecular complexity index is 763. The SMILES string of the molecule is O=c1onc(-c2ccc(F)cc2)c2ccccc12. The molecule has 0 unspecified atom stereocenters. The molecular weight excluding hydrogens is 233 g/mol. The van der Waals surface area contributed by atoms with E-state index in [1.165, 1.54) is 12.1 Å². The second-order valence-corrected chi connectivity index (χ2v) is 3.87. The summed E-state index contributed by atoms with van der Waals surface area (Å²) in [6.07, 6.45) is 0. The lowest BCUT2D eigenvalue weighted by molar-refractivity contribution is 0.380. The summed E-state index contributed by atoms with van der Waals surface area (Å²) >= 11 is 0. The summed E-state index contributed by atoms with van der Waals surface area (Å²) < 4.78 is 17.6. The van der Waals surface area contributed by atoms with Crippen LogP contribution in [0.4, 0.5) is 4.39 Å². The average Bonchev–Trinajstić information content (AvgIpc) is 2.41. The lowest BCUT2D eigenvalue weighted by Gasteiger charge is -2.03. The minimum absolute atomic E-state index is 0.319. The van der Waals surface area contributed by atoms with Crippen molar-refractivity contribution in [1.29, 1.82) is 0 Å². The molecule has 4 heteroatoms. The monoisotopic (exact) mass is 241 g/mol. The van der Waals surface area contributed by atoms with Gasteiger partial charge in [0.1, 0.15) is 11.5 Å². The number of fused-ring (bicyclic) bond motifs is 1. The van der Waals surface area contributed by atoms with Crippen LogP contribution in [-0.4, -0.2) is 5.16 Å². The first-order valence-electron chi connectivity index (χ1n) is 5.40. The average molecular weight is 241 g/mol. The summed E-state index contributed by atoms with van der Waals surface area (Å²) in [5.74, 6) is -0.319. The zero-order valence-corrected chi connectivity index (χ0v) is 9.26. The number of hydrogen-bond acceptors (Lipinski definition) is 3. The third-order valence-electron chi connectivity index (χ3n) is 2.74. The van der Waals surface area contributed by atoms with Crippen molar-refractivity contribution in [2.45, 2.75) is 0 Å². The largest absolute Gasteiger partial charge is 0.366 e. The normalized spacial score (nSPS) is 10.7. The number of nitrogens with zero attached hydrogens (tertiary/aromatic N) is 1. The number of benzene rings is 2. The zero-order chi connectivity index (χ0) is 12.5. The van der Waals surface area contributed by atoms with Crippen LogP contribution in [0.1, 0.15) is 0 Å². The van der Waals surface area contributed by atoms with Crippen molar-refractivity contribution >= 4 is 10.8 Å². The van der Waals surface area contributed by atoms with Gasteiger partial charge in [-0.25, -0.2) is 9.18 Å². The van der Waals surface area contributed by atoms with Crippen LogP contribution < -0.4 is 5.63 Å². The predicted octanol–water partition coefficient (Wildman–Crippen LogP) is 2.99. The van der Waals surface area contributed by atoms with E-state index in [0.29, 0.717) is 22.0 Å². The highest BCUT2D eigenvalue weighted by molar-refractivity contribution is 5.93. The van der Waals surface area contributed by atoms with Crippen LogP contribution in [-0.2, 0) is 0 Å². The van der Waals surface area contributed by atoms with Gasteiger partial charge in [0.15, 0.2) is 0 Å². The number of rotatable bonds is 1. The topological polar surface area (TPSA) is 43.1 Å². The first kappa shape index (κ1) is 10.7. The van der Waals surface area contributed by atoms with Crippen molar-refractivity contribution in [3.63, 3.8) is 0 Å². The first-order valence-corrected chi connectivity index (χ1v) is 5.40. The van der Waals surface area contributed by atoms with Crippen molar-refractivity contribution in [3.8, 4) is 11.3 Å². The third-order valence-corrected chi connectivity index (χ3v) is 2.74. The molecule has 0 aliphatic carbocycles. The lowest BCUT2D eigenvalue weighted by atomic mass is 10.1. The molecule has 0 spiro atoms. The Balaban J connectivity index is 2.33. The van der Waals surface area contributed by atoms with Gasteiger partial charge in [-0.3, -0.25) is 0 Å². The highest BCUT2D eigenvalue weighted by atomic mass is 19.1. The number of hydrogen-bond donors (Lipinski definition) is 0. The summed E-state index contributed by atoms with van der Waals surface area (Å²) in [6, 6.07) is 12.9. The fourth-order valence-corrected chi connectivity index (χ4v) is 1.87. The van der Waals surface area contributed by atoms with E-state index in [1.807, 2.05) is 6.07 Å². The minimum Gasteiger partial charge on any atom is -0.312 e. The summed E-state index contributed by atoms with van der Waals surface area (Å²) in [5, 5.41) is 4.96. The second kappa shape index (κ2) is 4.07. The van der Waals surface area contributed by atoms with E-state index >= 15 is 0 Å². The zero-order valence-electron chi connectivity index (χ0n) is 9.26. The molecule has 0 atom stereocenters. The van der Waals surface area contributed by atoms with Crippen LogP contribution in [0.2, 0.25) is 0 Å². The fourth-order valence-electron chi connectivity index (χ4n) is 1.87. The Morgan fingerprint density at radius 2 is 1.61 bits per heavy atom. The molecule has 88 valence electrons. The second-order valence-electron chi connectivity index (χ2n) is 3.87. The van der Waals surface area contributed by atoms with E-state index in [0.717, 1.165) is 0 Å². The van der Waals surface area contributed by atoms with Gasteiger partial charge in [-0.1, -0.05) is 23.4 Å². The van der Waals surface area contributed by atoms with Gasteiger partial charge < -0.3 is 4.52 Å². The molecule has 18 heavy (non-hydrogen) atoms. The van der Waals surface area contributed by atoms with Gasteiger partial charge in [0.25, 0.3) is 0 Å². The molecule has 2 aromatic carbocycles. The minimum atomic E-state index is -0.475. The highest BCUT2D eigenvalue weighted by Crippen LogP contribution is 2.24. The van der Waals surface area contributed by atoms with E-state index in [4.69, 9.17) is 4.52 Å². The molecule has 0 radical (unpaired) electrons. The molecule has 0 saturated carbocycles. The van der Waals surface area contributed by atoms with E-state index < -0.39 is 5.63 Å². The van der Waals surface area contributed by atoms with Crippen molar-refractivity contribution in [1.82, 2.24) is 5.16 Å². The number of aromatic nitrogens is 1. The van der Waals surface area contributed by atoms with Gasteiger partial charge in [0.05, 0.1) is 5.39 Å². The van der Waals surface area contributed by atoms with Crippen LogP contribution in [0.3, 0.4) is 0 Å². The Kier molecular flexibility index (Phi) is 2.41.